The number of benzene rings is 1. The van der Waals surface area contributed by atoms with Gasteiger partial charge in [0.05, 0.1) is 5.56 Å². The van der Waals surface area contributed by atoms with Gasteiger partial charge in [-0.05, 0) is 40.2 Å². The lowest BCUT2D eigenvalue weighted by atomic mass is 10.0. The standard InChI is InChI=1S/C11H10N4O2/c12-7-3-4-10(13)9(6-7)8-2-1-5-14-11(8)15(16)17/h1-6H,12-13H2. The van der Waals surface area contributed by atoms with Crippen molar-refractivity contribution in [2.24, 2.45) is 0 Å². The predicted octanol–water partition coefficient (Wildman–Crippen LogP) is 1.82. The molecule has 17 heavy (non-hydrogen) atoms. The lowest BCUT2D eigenvalue weighted by Gasteiger charge is -2.06. The van der Waals surface area contributed by atoms with Crippen molar-refractivity contribution < 1.29 is 4.92 Å². The Morgan fingerprint density at radius 1 is 1.18 bits per heavy atom. The summed E-state index contributed by atoms with van der Waals surface area (Å²) in [6.07, 6.45) is 1.37. The van der Waals surface area contributed by atoms with Gasteiger partial charge in [0, 0.05) is 16.9 Å². The summed E-state index contributed by atoms with van der Waals surface area (Å²) < 4.78 is 0. The van der Waals surface area contributed by atoms with E-state index in [0.717, 1.165) is 0 Å². The van der Waals surface area contributed by atoms with Crippen LogP contribution < -0.4 is 11.5 Å². The number of nitrogen functional groups attached to an aromatic ring is 2. The maximum atomic E-state index is 10.9. The Hall–Kier alpha value is -2.63. The Bertz CT molecular complexity index is 583. The first-order chi connectivity index (χ1) is 8.09. The second-order valence-corrected chi connectivity index (χ2v) is 3.48. The molecule has 1 heterocycles. The number of pyridine rings is 1. The fourth-order valence-electron chi connectivity index (χ4n) is 1.56. The van der Waals surface area contributed by atoms with Gasteiger partial charge in [0.15, 0.2) is 0 Å². The predicted molar refractivity (Wildman–Crippen MR) is 65.2 cm³/mol. The average molecular weight is 230 g/mol. The molecule has 1 aromatic heterocycles. The molecule has 0 bridgehead atoms. The molecule has 0 aliphatic heterocycles. The zero-order valence-electron chi connectivity index (χ0n) is 8.83. The maximum Gasteiger partial charge on any atom is 0.371 e. The molecule has 6 nitrogen and oxygen atoms in total. The summed E-state index contributed by atoms with van der Waals surface area (Å²) in [7, 11) is 0. The minimum absolute atomic E-state index is 0.232. The van der Waals surface area contributed by atoms with Gasteiger partial charge < -0.3 is 21.6 Å². The minimum Gasteiger partial charge on any atom is -0.399 e. The quantitative estimate of drug-likeness (QED) is 0.464. The molecule has 6 heteroatoms. The van der Waals surface area contributed by atoms with Gasteiger partial charge in [0.25, 0.3) is 0 Å². The van der Waals surface area contributed by atoms with E-state index in [-0.39, 0.29) is 5.82 Å². The smallest absolute Gasteiger partial charge is 0.371 e. The van der Waals surface area contributed by atoms with Crippen molar-refractivity contribution in [2.75, 3.05) is 11.5 Å². The second kappa shape index (κ2) is 4.09. The van der Waals surface area contributed by atoms with Crippen LogP contribution in [0.4, 0.5) is 17.2 Å². The molecular formula is C11H10N4O2. The van der Waals surface area contributed by atoms with E-state index in [1.165, 1.54) is 6.20 Å². The molecule has 2 aromatic rings. The highest BCUT2D eigenvalue weighted by Crippen LogP contribution is 2.33. The summed E-state index contributed by atoms with van der Waals surface area (Å²) in [5, 5.41) is 10.9. The first-order valence-electron chi connectivity index (χ1n) is 4.84. The van der Waals surface area contributed by atoms with Crippen LogP contribution in [-0.2, 0) is 0 Å². The zero-order chi connectivity index (χ0) is 12.4. The van der Waals surface area contributed by atoms with E-state index in [1.807, 2.05) is 0 Å². The number of nitrogens with zero attached hydrogens (tertiary/aromatic N) is 2. The van der Waals surface area contributed by atoms with Crippen LogP contribution in [0.3, 0.4) is 0 Å². The molecule has 0 spiro atoms. The van der Waals surface area contributed by atoms with Gasteiger partial charge >= 0.3 is 5.82 Å². The van der Waals surface area contributed by atoms with Crippen LogP contribution in [-0.4, -0.2) is 9.91 Å². The third-order valence-electron chi connectivity index (χ3n) is 2.33. The molecule has 0 saturated carbocycles. The van der Waals surface area contributed by atoms with Gasteiger partial charge in [-0.25, -0.2) is 0 Å². The number of rotatable bonds is 2. The Balaban J connectivity index is 2.68. The van der Waals surface area contributed by atoms with Crippen LogP contribution in [0.1, 0.15) is 0 Å². The lowest BCUT2D eigenvalue weighted by Crippen LogP contribution is -1.98. The van der Waals surface area contributed by atoms with Crippen molar-refractivity contribution in [1.29, 1.82) is 0 Å². The summed E-state index contributed by atoms with van der Waals surface area (Å²) in [6, 6.07) is 8.06. The van der Waals surface area contributed by atoms with Crippen LogP contribution >= 0.6 is 0 Å². The SMILES string of the molecule is Nc1ccc(N)c(-c2cccnc2[N+](=O)[O-])c1. The molecule has 0 radical (unpaired) electrons. The van der Waals surface area contributed by atoms with Crippen LogP contribution in [0.2, 0.25) is 0 Å². The van der Waals surface area contributed by atoms with Crippen molar-refractivity contribution >= 4 is 17.2 Å². The van der Waals surface area contributed by atoms with Crippen molar-refractivity contribution in [3.8, 4) is 11.1 Å². The van der Waals surface area contributed by atoms with E-state index in [1.54, 1.807) is 30.3 Å². The van der Waals surface area contributed by atoms with E-state index >= 15 is 0 Å². The molecule has 0 aliphatic carbocycles. The number of nitro groups is 1. The van der Waals surface area contributed by atoms with Gasteiger partial charge in [-0.3, -0.25) is 0 Å². The van der Waals surface area contributed by atoms with Crippen LogP contribution in [0.25, 0.3) is 11.1 Å². The normalized spacial score (nSPS) is 10.1. The average Bonchev–Trinajstić information content (AvgIpc) is 2.32. The van der Waals surface area contributed by atoms with Crippen molar-refractivity contribution in [1.82, 2.24) is 4.98 Å². The molecule has 2 rings (SSSR count). The first kappa shape index (κ1) is 10.9. The van der Waals surface area contributed by atoms with Crippen LogP contribution in [0.15, 0.2) is 36.5 Å². The molecule has 0 unspecified atom stereocenters. The second-order valence-electron chi connectivity index (χ2n) is 3.48. The summed E-state index contributed by atoms with van der Waals surface area (Å²) >= 11 is 0. The van der Waals surface area contributed by atoms with Crippen molar-refractivity contribution in [3.05, 3.63) is 46.6 Å². The van der Waals surface area contributed by atoms with E-state index in [0.29, 0.717) is 22.5 Å². The van der Waals surface area contributed by atoms with Crippen LogP contribution in [0.5, 0.6) is 0 Å². The number of nitrogens with two attached hydrogens (primary N) is 2. The van der Waals surface area contributed by atoms with Crippen LogP contribution in [0, 0.1) is 10.1 Å². The maximum absolute atomic E-state index is 10.9. The zero-order valence-corrected chi connectivity index (χ0v) is 8.83. The Morgan fingerprint density at radius 3 is 2.65 bits per heavy atom. The van der Waals surface area contributed by atoms with Gasteiger partial charge in [-0.1, -0.05) is 0 Å². The fraction of sp³-hybridized carbons (Fsp3) is 0. The molecule has 1 aromatic carbocycles. The van der Waals surface area contributed by atoms with Gasteiger partial charge in [-0.2, -0.15) is 0 Å². The summed E-state index contributed by atoms with van der Waals surface area (Å²) in [5.41, 5.74) is 13.2. The van der Waals surface area contributed by atoms with E-state index < -0.39 is 4.92 Å². The molecular weight excluding hydrogens is 220 g/mol. The highest BCUT2D eigenvalue weighted by molar-refractivity contribution is 5.83. The number of hydrogen-bond donors (Lipinski definition) is 2. The Labute approximate surface area is 97.0 Å². The topological polar surface area (TPSA) is 108 Å². The lowest BCUT2D eigenvalue weighted by molar-refractivity contribution is -0.388. The third-order valence-corrected chi connectivity index (χ3v) is 2.33. The highest BCUT2D eigenvalue weighted by atomic mass is 16.6. The first-order valence-corrected chi connectivity index (χ1v) is 4.84. The van der Waals surface area contributed by atoms with Crippen molar-refractivity contribution in [2.45, 2.75) is 0 Å². The van der Waals surface area contributed by atoms with E-state index in [9.17, 15) is 10.1 Å². The third kappa shape index (κ3) is 2.00. The summed E-state index contributed by atoms with van der Waals surface area (Å²) in [6.45, 7) is 0. The highest BCUT2D eigenvalue weighted by Gasteiger charge is 2.17. The Morgan fingerprint density at radius 2 is 1.94 bits per heavy atom. The largest absolute Gasteiger partial charge is 0.399 e. The molecule has 0 saturated heterocycles. The van der Waals surface area contributed by atoms with E-state index in [2.05, 4.69) is 4.98 Å². The fourth-order valence-corrected chi connectivity index (χ4v) is 1.56. The number of aromatic nitrogens is 1. The number of anilines is 2. The van der Waals surface area contributed by atoms with Gasteiger partial charge in [0.2, 0.25) is 0 Å². The monoisotopic (exact) mass is 230 g/mol. The van der Waals surface area contributed by atoms with Gasteiger partial charge in [0.1, 0.15) is 6.20 Å². The number of hydrogen-bond acceptors (Lipinski definition) is 5. The molecule has 0 amide bonds. The van der Waals surface area contributed by atoms with E-state index in [4.69, 9.17) is 11.5 Å². The Kier molecular flexibility index (Phi) is 2.61. The molecule has 0 fully saturated rings. The van der Waals surface area contributed by atoms with Gasteiger partial charge in [-0.15, -0.1) is 0 Å². The molecule has 0 aliphatic rings. The van der Waals surface area contributed by atoms with Crippen molar-refractivity contribution in [3.63, 3.8) is 0 Å². The minimum atomic E-state index is -0.544. The molecule has 0 atom stereocenters. The molecule has 4 N–H and O–H groups in total. The summed E-state index contributed by atoms with van der Waals surface area (Å²) in [5.74, 6) is -0.232. The summed E-state index contributed by atoms with van der Waals surface area (Å²) in [4.78, 5) is 14.0. The molecule has 86 valence electrons.